The number of nitrogens with one attached hydrogen (secondary N) is 1. The van der Waals surface area contributed by atoms with E-state index in [1.165, 1.54) is 22.8 Å². The van der Waals surface area contributed by atoms with Crippen molar-refractivity contribution in [2.45, 2.75) is 25.6 Å². The van der Waals surface area contributed by atoms with E-state index in [2.05, 4.69) is 30.2 Å². The largest absolute Gasteiger partial charge is 0.418 e. The first kappa shape index (κ1) is 20.4. The van der Waals surface area contributed by atoms with Crippen molar-refractivity contribution in [1.82, 2.24) is 34.8 Å². The van der Waals surface area contributed by atoms with Gasteiger partial charge in [0.2, 0.25) is 0 Å². The number of imidazole rings is 1. The first-order chi connectivity index (χ1) is 16.4. The van der Waals surface area contributed by atoms with Crippen LogP contribution < -0.4 is 4.90 Å². The van der Waals surface area contributed by atoms with Crippen LogP contribution in [-0.4, -0.2) is 41.3 Å². The van der Waals surface area contributed by atoms with E-state index >= 15 is 0 Å². The first-order valence-corrected chi connectivity index (χ1v) is 10.5. The molecule has 1 unspecified atom stereocenters. The fourth-order valence-corrected chi connectivity index (χ4v) is 4.34. The summed E-state index contributed by atoms with van der Waals surface area (Å²) in [5, 5.41) is 12.9. The Kier molecular flexibility index (Phi) is 4.44. The van der Waals surface area contributed by atoms with Crippen LogP contribution in [0.5, 0.6) is 0 Å². The van der Waals surface area contributed by atoms with Gasteiger partial charge < -0.3 is 14.3 Å². The van der Waals surface area contributed by atoms with Gasteiger partial charge >= 0.3 is 12.2 Å². The minimum absolute atomic E-state index is 0.0372. The van der Waals surface area contributed by atoms with Crippen molar-refractivity contribution in [1.29, 1.82) is 0 Å². The molecule has 172 valence electrons. The monoisotopic (exact) mass is 466 g/mol. The van der Waals surface area contributed by atoms with E-state index in [-0.39, 0.29) is 11.5 Å². The number of alkyl halides is 3. The van der Waals surface area contributed by atoms with Crippen molar-refractivity contribution in [3.05, 3.63) is 77.4 Å². The zero-order chi connectivity index (χ0) is 23.4. The standard InChI is InChI=1S/C22H17F3N8O/c1-12-13(4-2-7-26-12)20-29-30-21(34-20)32-9-6-15-18(28-11-27-15)19(32)16-10-17-14(22(23,24)25)5-3-8-33(17)31-16/h2-5,7-8,10-11,19H,6,9H2,1H3,(H,27,28). The molecule has 0 aliphatic carbocycles. The first-order valence-electron chi connectivity index (χ1n) is 10.5. The quantitative estimate of drug-likeness (QED) is 0.429. The number of aryl methyl sites for hydroxylation is 1. The third-order valence-corrected chi connectivity index (χ3v) is 5.93. The van der Waals surface area contributed by atoms with Crippen molar-refractivity contribution >= 4 is 11.5 Å². The Bertz CT molecular complexity index is 1500. The number of fused-ring (bicyclic) bond motifs is 2. The molecule has 5 aromatic rings. The summed E-state index contributed by atoms with van der Waals surface area (Å²) in [4.78, 5) is 13.6. The van der Waals surface area contributed by atoms with Gasteiger partial charge in [-0.2, -0.15) is 18.3 Å². The molecule has 1 aliphatic heterocycles. The summed E-state index contributed by atoms with van der Waals surface area (Å²) in [6, 6.07) is 7.03. The van der Waals surface area contributed by atoms with Crippen molar-refractivity contribution in [3.63, 3.8) is 0 Å². The van der Waals surface area contributed by atoms with Crippen LogP contribution in [0.1, 0.15) is 34.4 Å². The van der Waals surface area contributed by atoms with Gasteiger partial charge in [0.1, 0.15) is 6.04 Å². The van der Waals surface area contributed by atoms with E-state index in [1.807, 2.05) is 17.9 Å². The highest BCUT2D eigenvalue weighted by molar-refractivity contribution is 5.59. The topological polar surface area (TPSA) is 101 Å². The van der Waals surface area contributed by atoms with Crippen LogP contribution >= 0.6 is 0 Å². The summed E-state index contributed by atoms with van der Waals surface area (Å²) >= 11 is 0. The van der Waals surface area contributed by atoms with Gasteiger partial charge in [-0.25, -0.2) is 9.50 Å². The number of anilines is 1. The number of aromatic nitrogens is 7. The zero-order valence-electron chi connectivity index (χ0n) is 17.8. The lowest BCUT2D eigenvalue weighted by molar-refractivity contribution is -0.136. The molecule has 0 saturated carbocycles. The van der Waals surface area contributed by atoms with Gasteiger partial charge in [0.25, 0.3) is 5.89 Å². The lowest BCUT2D eigenvalue weighted by Crippen LogP contribution is -2.36. The van der Waals surface area contributed by atoms with E-state index in [9.17, 15) is 13.2 Å². The second-order valence-corrected chi connectivity index (χ2v) is 7.96. The summed E-state index contributed by atoms with van der Waals surface area (Å²) in [5.74, 6) is 0.307. The molecule has 0 radical (unpaired) electrons. The van der Waals surface area contributed by atoms with Crippen LogP contribution in [0.2, 0.25) is 0 Å². The lowest BCUT2D eigenvalue weighted by atomic mass is 10.00. The van der Waals surface area contributed by atoms with E-state index in [4.69, 9.17) is 4.42 Å². The molecule has 0 bridgehead atoms. The molecule has 0 amide bonds. The van der Waals surface area contributed by atoms with Crippen LogP contribution in [0.15, 0.2) is 53.5 Å². The second-order valence-electron chi connectivity index (χ2n) is 7.96. The summed E-state index contributed by atoms with van der Waals surface area (Å²) in [7, 11) is 0. The molecule has 0 spiro atoms. The molecule has 0 aromatic carbocycles. The van der Waals surface area contributed by atoms with Gasteiger partial charge in [0, 0.05) is 36.7 Å². The van der Waals surface area contributed by atoms with Crippen molar-refractivity contribution in [3.8, 4) is 11.5 Å². The molecule has 1 aliphatic rings. The van der Waals surface area contributed by atoms with Gasteiger partial charge in [-0.1, -0.05) is 5.10 Å². The van der Waals surface area contributed by atoms with E-state index in [0.29, 0.717) is 35.8 Å². The number of nitrogens with zero attached hydrogens (tertiary/aromatic N) is 7. The molecule has 0 saturated heterocycles. The van der Waals surface area contributed by atoms with Gasteiger partial charge in [-0.15, -0.1) is 5.10 Å². The lowest BCUT2D eigenvalue weighted by Gasteiger charge is -2.32. The minimum atomic E-state index is -4.51. The number of H-pyrrole nitrogens is 1. The summed E-state index contributed by atoms with van der Waals surface area (Å²) in [5.41, 5.74) is 2.58. The van der Waals surface area contributed by atoms with Gasteiger partial charge in [0.15, 0.2) is 0 Å². The third kappa shape index (κ3) is 3.21. The highest BCUT2D eigenvalue weighted by atomic mass is 19.4. The number of hydrogen-bond acceptors (Lipinski definition) is 7. The molecular formula is C22H17F3N8O. The minimum Gasteiger partial charge on any atom is -0.403 e. The van der Waals surface area contributed by atoms with Crippen molar-refractivity contribution in [2.75, 3.05) is 11.4 Å². The van der Waals surface area contributed by atoms with Crippen LogP contribution in [0.4, 0.5) is 19.2 Å². The molecule has 6 rings (SSSR count). The molecule has 6 heterocycles. The number of halogens is 3. The smallest absolute Gasteiger partial charge is 0.403 e. The predicted octanol–water partition coefficient (Wildman–Crippen LogP) is 3.98. The van der Waals surface area contributed by atoms with Crippen LogP contribution in [0, 0.1) is 6.92 Å². The molecule has 12 heteroatoms. The van der Waals surface area contributed by atoms with Gasteiger partial charge in [0.05, 0.1) is 34.4 Å². The number of aromatic amines is 1. The molecule has 9 nitrogen and oxygen atoms in total. The van der Waals surface area contributed by atoms with Crippen LogP contribution in [-0.2, 0) is 12.6 Å². The molecule has 5 aromatic heterocycles. The fourth-order valence-electron chi connectivity index (χ4n) is 4.34. The van der Waals surface area contributed by atoms with Crippen LogP contribution in [0.3, 0.4) is 0 Å². The second kappa shape index (κ2) is 7.40. The Morgan fingerprint density at radius 3 is 2.85 bits per heavy atom. The number of pyridine rings is 2. The maximum absolute atomic E-state index is 13.6. The Balaban J connectivity index is 1.47. The fraction of sp³-hybridized carbons (Fsp3) is 0.227. The van der Waals surface area contributed by atoms with Gasteiger partial charge in [-0.3, -0.25) is 4.98 Å². The van der Waals surface area contributed by atoms with E-state index in [1.54, 1.807) is 18.6 Å². The summed E-state index contributed by atoms with van der Waals surface area (Å²) in [6.07, 6.45) is 0.844. The Hall–Kier alpha value is -4.22. The average Bonchev–Trinajstić information content (AvgIpc) is 3.56. The summed E-state index contributed by atoms with van der Waals surface area (Å²) in [6.45, 7) is 2.32. The van der Waals surface area contributed by atoms with Crippen LogP contribution in [0.25, 0.3) is 17.0 Å². The molecular weight excluding hydrogens is 449 g/mol. The van der Waals surface area contributed by atoms with Crippen molar-refractivity contribution in [2.24, 2.45) is 0 Å². The van der Waals surface area contributed by atoms with Crippen molar-refractivity contribution < 1.29 is 17.6 Å². The average molecular weight is 466 g/mol. The molecule has 1 atom stereocenters. The highest BCUT2D eigenvalue weighted by Crippen LogP contribution is 2.39. The maximum Gasteiger partial charge on any atom is 0.418 e. The SMILES string of the molecule is Cc1ncccc1-c1nnc(N2CCc3[nH]cnc3C2c2cc3c(C(F)(F)F)cccn3n2)o1. The Morgan fingerprint density at radius 1 is 1.15 bits per heavy atom. The summed E-state index contributed by atoms with van der Waals surface area (Å²) < 4.78 is 48.0. The Labute approximate surface area is 190 Å². The number of rotatable bonds is 3. The predicted molar refractivity (Wildman–Crippen MR) is 114 cm³/mol. The Morgan fingerprint density at radius 2 is 2.03 bits per heavy atom. The van der Waals surface area contributed by atoms with Gasteiger partial charge in [-0.05, 0) is 37.3 Å². The zero-order valence-corrected chi connectivity index (χ0v) is 17.8. The third-order valence-electron chi connectivity index (χ3n) is 5.93. The highest BCUT2D eigenvalue weighted by Gasteiger charge is 2.38. The number of hydrogen-bond donors (Lipinski definition) is 1. The maximum atomic E-state index is 13.6. The van der Waals surface area contributed by atoms with E-state index in [0.717, 1.165) is 17.5 Å². The normalized spacial score (nSPS) is 16.2. The molecule has 1 N–H and O–H groups in total. The molecule has 34 heavy (non-hydrogen) atoms. The molecule has 0 fully saturated rings. The van der Waals surface area contributed by atoms with E-state index < -0.39 is 17.8 Å².